The van der Waals surface area contributed by atoms with E-state index >= 15 is 0 Å². The topological polar surface area (TPSA) is 84.5 Å². The molecule has 3 aromatic carbocycles. The lowest BCUT2D eigenvalue weighted by atomic mass is 10.1. The number of hydrogen-bond donors (Lipinski definition) is 2. The van der Waals surface area contributed by atoms with Crippen molar-refractivity contribution < 1.29 is 17.9 Å². The number of carbonyl (C=O) groups excluding carboxylic acids is 1. The number of methoxy groups -OCH3 is 1. The Kier molecular flexibility index (Phi) is 6.01. The van der Waals surface area contributed by atoms with Gasteiger partial charge in [-0.15, -0.1) is 0 Å². The van der Waals surface area contributed by atoms with Gasteiger partial charge in [0.2, 0.25) is 0 Å². The highest BCUT2D eigenvalue weighted by Gasteiger charge is 2.21. The van der Waals surface area contributed by atoms with Gasteiger partial charge < -0.3 is 10.1 Å². The number of ether oxygens (including phenoxy) is 1. The Hall–Kier alpha value is -2.84. The van der Waals surface area contributed by atoms with Crippen molar-refractivity contribution in [2.45, 2.75) is 4.90 Å². The Labute approximate surface area is 171 Å². The monoisotopic (exact) mass is 460 g/mol. The zero-order valence-corrected chi connectivity index (χ0v) is 17.2. The van der Waals surface area contributed by atoms with Gasteiger partial charge in [-0.05, 0) is 52.3 Å². The molecule has 0 atom stereocenters. The molecule has 2 N–H and O–H groups in total. The maximum atomic E-state index is 12.8. The van der Waals surface area contributed by atoms with Crippen LogP contribution in [-0.4, -0.2) is 21.4 Å². The minimum atomic E-state index is -3.89. The molecule has 1 amide bonds. The molecule has 8 heteroatoms. The summed E-state index contributed by atoms with van der Waals surface area (Å²) in [6, 6.07) is 19.8. The van der Waals surface area contributed by atoms with Crippen molar-refractivity contribution in [3.63, 3.8) is 0 Å². The third-order valence-electron chi connectivity index (χ3n) is 3.90. The molecule has 144 valence electrons. The largest absolute Gasteiger partial charge is 0.495 e. The van der Waals surface area contributed by atoms with Crippen LogP contribution in [0.3, 0.4) is 0 Å². The maximum absolute atomic E-state index is 12.8. The quantitative estimate of drug-likeness (QED) is 0.566. The molecule has 0 saturated heterocycles. The first-order valence-corrected chi connectivity index (χ1v) is 10.5. The molecule has 0 fully saturated rings. The smallest absolute Gasteiger partial charge is 0.263 e. The fourth-order valence-corrected chi connectivity index (χ4v) is 4.65. The number of benzene rings is 3. The van der Waals surface area contributed by atoms with Gasteiger partial charge in [-0.25, -0.2) is 8.42 Å². The Morgan fingerprint density at radius 1 is 0.893 bits per heavy atom. The molecule has 0 spiro atoms. The Morgan fingerprint density at radius 2 is 1.50 bits per heavy atom. The van der Waals surface area contributed by atoms with Crippen molar-refractivity contribution in [2.75, 3.05) is 17.1 Å². The van der Waals surface area contributed by atoms with Gasteiger partial charge in [-0.2, -0.15) is 0 Å². The molecular formula is C20H17BrN2O4S. The molecule has 0 aliphatic heterocycles. The molecule has 3 rings (SSSR count). The minimum Gasteiger partial charge on any atom is -0.495 e. The third kappa shape index (κ3) is 4.35. The van der Waals surface area contributed by atoms with Gasteiger partial charge in [0.05, 0.1) is 24.0 Å². The zero-order chi connectivity index (χ0) is 20.1. The van der Waals surface area contributed by atoms with Crippen LogP contribution in [0.25, 0.3) is 0 Å². The molecule has 6 nitrogen and oxygen atoms in total. The van der Waals surface area contributed by atoms with Crippen LogP contribution < -0.4 is 14.8 Å². The van der Waals surface area contributed by atoms with Crippen LogP contribution in [0, 0.1) is 0 Å². The summed E-state index contributed by atoms with van der Waals surface area (Å²) in [6.45, 7) is 0. The molecule has 0 bridgehead atoms. The Balaban J connectivity index is 1.91. The molecule has 0 aromatic heterocycles. The summed E-state index contributed by atoms with van der Waals surface area (Å²) in [5, 5.41) is 2.75. The summed E-state index contributed by atoms with van der Waals surface area (Å²) in [6.07, 6.45) is 0. The van der Waals surface area contributed by atoms with Crippen LogP contribution in [0.4, 0.5) is 11.4 Å². The SMILES string of the molecule is COc1ccccc1NC(=O)c1ccccc1NS(=O)(=O)c1ccccc1Br. The van der Waals surface area contributed by atoms with Gasteiger partial charge in [-0.1, -0.05) is 36.4 Å². The lowest BCUT2D eigenvalue weighted by Crippen LogP contribution is -2.19. The van der Waals surface area contributed by atoms with E-state index in [1.54, 1.807) is 60.7 Å². The van der Waals surface area contributed by atoms with Crippen LogP contribution >= 0.6 is 15.9 Å². The normalized spacial score (nSPS) is 10.9. The second-order valence-corrected chi connectivity index (χ2v) is 8.24. The molecule has 0 radical (unpaired) electrons. The molecule has 3 aromatic rings. The van der Waals surface area contributed by atoms with E-state index in [4.69, 9.17) is 4.74 Å². The maximum Gasteiger partial charge on any atom is 0.263 e. The molecule has 0 heterocycles. The summed E-state index contributed by atoms with van der Waals surface area (Å²) in [7, 11) is -2.38. The number of rotatable bonds is 6. The first-order valence-electron chi connectivity index (χ1n) is 8.23. The van der Waals surface area contributed by atoms with E-state index in [0.717, 1.165) is 0 Å². The lowest BCUT2D eigenvalue weighted by molar-refractivity contribution is 0.102. The third-order valence-corrected chi connectivity index (χ3v) is 6.27. The summed E-state index contributed by atoms with van der Waals surface area (Å²) in [5.41, 5.74) is 0.841. The first kappa shape index (κ1) is 19.9. The van der Waals surface area contributed by atoms with Crippen molar-refractivity contribution in [1.82, 2.24) is 0 Å². The molecule has 0 aliphatic rings. The van der Waals surface area contributed by atoms with Gasteiger partial charge in [0.15, 0.2) is 0 Å². The van der Waals surface area contributed by atoms with Crippen LogP contribution in [0.15, 0.2) is 82.2 Å². The predicted octanol–water partition coefficient (Wildman–Crippen LogP) is 4.51. The average molecular weight is 461 g/mol. The number of halogens is 1. The Morgan fingerprint density at radius 3 is 2.21 bits per heavy atom. The zero-order valence-electron chi connectivity index (χ0n) is 14.8. The van der Waals surface area contributed by atoms with Gasteiger partial charge in [0.1, 0.15) is 10.6 Å². The standard InChI is InChI=1S/C20H17BrN2O4S/c1-27-18-12-6-5-11-17(18)22-20(24)14-8-2-4-10-16(14)23-28(25,26)19-13-7-3-9-15(19)21/h2-13,23H,1H3,(H,22,24). The molecular weight excluding hydrogens is 444 g/mol. The second kappa shape index (κ2) is 8.45. The number of anilines is 2. The number of carbonyl (C=O) groups is 1. The highest BCUT2D eigenvalue weighted by atomic mass is 79.9. The van der Waals surface area contributed by atoms with Crippen LogP contribution in [0.2, 0.25) is 0 Å². The van der Waals surface area contributed by atoms with Crippen molar-refractivity contribution >= 4 is 43.2 Å². The van der Waals surface area contributed by atoms with Gasteiger partial charge in [0.25, 0.3) is 15.9 Å². The van der Waals surface area contributed by atoms with Gasteiger partial charge in [-0.3, -0.25) is 9.52 Å². The van der Waals surface area contributed by atoms with E-state index in [2.05, 4.69) is 26.0 Å². The highest BCUT2D eigenvalue weighted by molar-refractivity contribution is 9.10. The van der Waals surface area contributed by atoms with Crippen LogP contribution in [0.5, 0.6) is 5.75 Å². The van der Waals surface area contributed by atoms with E-state index in [0.29, 0.717) is 15.9 Å². The fourth-order valence-electron chi connectivity index (χ4n) is 2.57. The minimum absolute atomic E-state index is 0.0786. The molecule has 0 saturated carbocycles. The van der Waals surface area contributed by atoms with Crippen molar-refractivity contribution in [1.29, 1.82) is 0 Å². The van der Waals surface area contributed by atoms with E-state index in [9.17, 15) is 13.2 Å². The van der Waals surface area contributed by atoms with Crippen LogP contribution in [-0.2, 0) is 10.0 Å². The van der Waals surface area contributed by atoms with Crippen molar-refractivity contribution in [3.05, 3.63) is 82.8 Å². The predicted molar refractivity (Wildman–Crippen MR) is 112 cm³/mol. The summed E-state index contributed by atoms with van der Waals surface area (Å²) < 4.78 is 33.7. The number of amides is 1. The number of sulfonamides is 1. The molecule has 28 heavy (non-hydrogen) atoms. The second-order valence-electron chi connectivity index (χ2n) is 5.74. The molecule has 0 aliphatic carbocycles. The van der Waals surface area contributed by atoms with E-state index in [-0.39, 0.29) is 16.1 Å². The number of hydrogen-bond acceptors (Lipinski definition) is 4. The summed E-state index contributed by atoms with van der Waals surface area (Å²) >= 11 is 3.24. The average Bonchev–Trinajstić information content (AvgIpc) is 2.68. The van der Waals surface area contributed by atoms with Gasteiger partial charge >= 0.3 is 0 Å². The van der Waals surface area contributed by atoms with Gasteiger partial charge in [0, 0.05) is 4.47 Å². The van der Waals surface area contributed by atoms with Crippen molar-refractivity contribution in [3.8, 4) is 5.75 Å². The Bertz CT molecular complexity index is 1120. The van der Waals surface area contributed by atoms with Crippen LogP contribution in [0.1, 0.15) is 10.4 Å². The lowest BCUT2D eigenvalue weighted by Gasteiger charge is -2.14. The highest BCUT2D eigenvalue weighted by Crippen LogP contribution is 2.27. The summed E-state index contributed by atoms with van der Waals surface area (Å²) in [4.78, 5) is 12.9. The van der Waals surface area contributed by atoms with E-state index in [1.807, 2.05) is 0 Å². The summed E-state index contributed by atoms with van der Waals surface area (Å²) in [5.74, 6) is 0.0389. The number of para-hydroxylation sites is 3. The van der Waals surface area contributed by atoms with Crippen molar-refractivity contribution in [2.24, 2.45) is 0 Å². The fraction of sp³-hybridized carbons (Fsp3) is 0.0500. The number of nitrogens with one attached hydrogen (secondary N) is 2. The first-order chi connectivity index (χ1) is 13.4. The van der Waals surface area contributed by atoms with E-state index in [1.165, 1.54) is 19.2 Å². The van der Waals surface area contributed by atoms with E-state index < -0.39 is 15.9 Å². The molecule has 0 unspecified atom stereocenters.